The van der Waals surface area contributed by atoms with E-state index in [0.29, 0.717) is 25.0 Å². The van der Waals surface area contributed by atoms with Crippen LogP contribution in [0.3, 0.4) is 0 Å². The fourth-order valence-electron chi connectivity index (χ4n) is 3.98. The lowest BCUT2D eigenvalue weighted by Gasteiger charge is -2.37. The first-order chi connectivity index (χ1) is 11.5. The first-order valence-electron chi connectivity index (χ1n) is 9.24. The molecule has 1 aliphatic rings. The van der Waals surface area contributed by atoms with Crippen LogP contribution < -0.4 is 0 Å². The monoisotopic (exact) mass is 330 g/mol. The van der Waals surface area contributed by atoms with Crippen LogP contribution in [-0.4, -0.2) is 33.5 Å². The van der Waals surface area contributed by atoms with E-state index < -0.39 is 6.10 Å². The third-order valence-corrected chi connectivity index (χ3v) is 5.40. The molecule has 2 aromatic rings. The molecule has 1 saturated carbocycles. The van der Waals surface area contributed by atoms with Crippen LogP contribution >= 0.6 is 0 Å². The van der Waals surface area contributed by atoms with E-state index in [0.717, 1.165) is 23.4 Å². The lowest BCUT2D eigenvalue weighted by atomic mass is 9.75. The molecule has 0 amide bonds. The summed E-state index contributed by atoms with van der Waals surface area (Å²) in [7, 11) is 0. The second-order valence-corrected chi connectivity index (χ2v) is 7.74. The van der Waals surface area contributed by atoms with E-state index in [1.807, 2.05) is 28.8 Å². The Hall–Kier alpha value is -1.39. The third-order valence-electron chi connectivity index (χ3n) is 5.40. The van der Waals surface area contributed by atoms with Crippen LogP contribution in [0.4, 0.5) is 0 Å². The van der Waals surface area contributed by atoms with Gasteiger partial charge in [-0.3, -0.25) is 0 Å². The van der Waals surface area contributed by atoms with Crippen molar-refractivity contribution in [1.82, 2.24) is 9.55 Å². The molecular formula is C20H30N2O2. The highest BCUT2D eigenvalue weighted by molar-refractivity contribution is 5.74. The Morgan fingerprint density at radius 3 is 2.88 bits per heavy atom. The number of aromatic nitrogens is 2. The third kappa shape index (κ3) is 3.98. The number of fused-ring (bicyclic) bond motifs is 1. The quantitative estimate of drug-likeness (QED) is 0.874. The van der Waals surface area contributed by atoms with Crippen molar-refractivity contribution in [3.8, 4) is 0 Å². The molecule has 1 aliphatic carbocycles. The minimum absolute atomic E-state index is 0.280. The number of rotatable bonds is 6. The highest BCUT2D eigenvalue weighted by Gasteiger charge is 2.31. The van der Waals surface area contributed by atoms with E-state index in [-0.39, 0.29) is 6.10 Å². The molecule has 4 heteroatoms. The Morgan fingerprint density at radius 1 is 1.29 bits per heavy atom. The maximum Gasteiger partial charge on any atom is 0.0959 e. The van der Waals surface area contributed by atoms with Crippen LogP contribution in [-0.2, 0) is 11.3 Å². The minimum atomic E-state index is -0.507. The summed E-state index contributed by atoms with van der Waals surface area (Å²) >= 11 is 0. The van der Waals surface area contributed by atoms with Crippen molar-refractivity contribution in [2.45, 2.75) is 58.8 Å². The van der Waals surface area contributed by atoms with Crippen LogP contribution in [0, 0.1) is 17.8 Å². The van der Waals surface area contributed by atoms with Gasteiger partial charge in [0.05, 0.1) is 42.7 Å². The van der Waals surface area contributed by atoms with Crippen LogP contribution in [0.2, 0.25) is 0 Å². The second kappa shape index (κ2) is 7.66. The molecule has 1 aromatic carbocycles. The summed E-state index contributed by atoms with van der Waals surface area (Å²) in [4.78, 5) is 4.38. The average molecular weight is 330 g/mol. The smallest absolute Gasteiger partial charge is 0.0959 e. The van der Waals surface area contributed by atoms with Crippen molar-refractivity contribution < 1.29 is 9.84 Å². The Balaban J connectivity index is 1.57. The number of ether oxygens (including phenoxy) is 1. The van der Waals surface area contributed by atoms with E-state index in [1.165, 1.54) is 12.8 Å². The average Bonchev–Trinajstić information content (AvgIpc) is 2.96. The molecule has 132 valence electrons. The normalized spacial score (nSPS) is 26.1. The molecule has 1 N–H and O–H groups in total. The van der Waals surface area contributed by atoms with Gasteiger partial charge in [0, 0.05) is 0 Å². The maximum absolute atomic E-state index is 10.4. The second-order valence-electron chi connectivity index (χ2n) is 7.74. The highest BCUT2D eigenvalue weighted by atomic mass is 16.5. The summed E-state index contributed by atoms with van der Waals surface area (Å²) in [5.74, 6) is 1.97. The Morgan fingerprint density at radius 2 is 2.08 bits per heavy atom. The number of hydrogen-bond acceptors (Lipinski definition) is 3. The van der Waals surface area contributed by atoms with Crippen molar-refractivity contribution >= 4 is 11.0 Å². The number of para-hydroxylation sites is 2. The predicted molar refractivity (Wildman–Crippen MR) is 96.8 cm³/mol. The van der Waals surface area contributed by atoms with E-state index in [9.17, 15) is 5.11 Å². The van der Waals surface area contributed by atoms with E-state index in [4.69, 9.17) is 4.74 Å². The molecule has 1 heterocycles. The molecule has 0 saturated heterocycles. The molecule has 1 aromatic heterocycles. The molecule has 3 rings (SSSR count). The summed E-state index contributed by atoms with van der Waals surface area (Å²) in [5, 5.41) is 10.4. The summed E-state index contributed by atoms with van der Waals surface area (Å²) in [6, 6.07) is 8.01. The number of imidazole rings is 1. The van der Waals surface area contributed by atoms with Gasteiger partial charge < -0.3 is 14.4 Å². The molecule has 0 bridgehead atoms. The number of aliphatic hydroxyl groups excluding tert-OH is 1. The fourth-order valence-corrected chi connectivity index (χ4v) is 3.98. The highest BCUT2D eigenvalue weighted by Crippen LogP contribution is 2.35. The van der Waals surface area contributed by atoms with Crippen LogP contribution in [0.1, 0.15) is 40.0 Å². The Kier molecular flexibility index (Phi) is 5.57. The summed E-state index contributed by atoms with van der Waals surface area (Å²) in [5.41, 5.74) is 2.02. The van der Waals surface area contributed by atoms with Gasteiger partial charge in [-0.1, -0.05) is 39.3 Å². The zero-order valence-electron chi connectivity index (χ0n) is 15.1. The van der Waals surface area contributed by atoms with Gasteiger partial charge in [-0.2, -0.15) is 0 Å². The van der Waals surface area contributed by atoms with E-state index >= 15 is 0 Å². The van der Waals surface area contributed by atoms with E-state index in [2.05, 4.69) is 25.8 Å². The number of benzene rings is 1. The minimum Gasteiger partial charge on any atom is -0.389 e. The predicted octanol–water partition coefficient (Wildman–Crippen LogP) is 3.87. The number of nitrogens with zero attached hydrogens (tertiary/aromatic N) is 2. The SMILES string of the molecule is CC(C)[C@H]1CC[C@@H](C)C[C@@H]1OC[C@@H](O)Cn1cnc2ccccc21. The first-order valence-corrected chi connectivity index (χ1v) is 9.24. The van der Waals surface area contributed by atoms with Crippen molar-refractivity contribution in [1.29, 1.82) is 0 Å². The Labute approximate surface area is 144 Å². The summed E-state index contributed by atoms with van der Waals surface area (Å²) in [6.45, 7) is 7.79. The molecule has 24 heavy (non-hydrogen) atoms. The molecule has 0 radical (unpaired) electrons. The van der Waals surface area contributed by atoms with Gasteiger partial charge in [0.1, 0.15) is 0 Å². The standard InChI is InChI=1S/C20H30N2O2/c1-14(2)17-9-8-15(3)10-20(17)24-12-16(23)11-22-13-21-18-6-4-5-7-19(18)22/h4-7,13-17,20,23H,8-12H2,1-3H3/t15-,16+,17-,20+/m1/s1. The molecule has 1 fully saturated rings. The van der Waals surface area contributed by atoms with Gasteiger partial charge in [-0.25, -0.2) is 4.98 Å². The molecule has 4 nitrogen and oxygen atoms in total. The largest absolute Gasteiger partial charge is 0.389 e. The van der Waals surface area contributed by atoms with Gasteiger partial charge in [-0.15, -0.1) is 0 Å². The van der Waals surface area contributed by atoms with Gasteiger partial charge >= 0.3 is 0 Å². The first kappa shape index (κ1) is 17.4. The topological polar surface area (TPSA) is 47.3 Å². The summed E-state index contributed by atoms with van der Waals surface area (Å²) < 4.78 is 8.17. The van der Waals surface area contributed by atoms with Crippen molar-refractivity contribution in [2.75, 3.05) is 6.61 Å². The zero-order valence-corrected chi connectivity index (χ0v) is 15.1. The maximum atomic E-state index is 10.4. The molecule has 4 atom stereocenters. The van der Waals surface area contributed by atoms with Crippen LogP contribution in [0.25, 0.3) is 11.0 Å². The molecule has 0 unspecified atom stereocenters. The lowest BCUT2D eigenvalue weighted by Crippen LogP contribution is -2.36. The van der Waals surface area contributed by atoms with Crippen molar-refractivity contribution in [3.05, 3.63) is 30.6 Å². The van der Waals surface area contributed by atoms with Crippen LogP contribution in [0.15, 0.2) is 30.6 Å². The lowest BCUT2D eigenvalue weighted by molar-refractivity contribution is -0.0714. The zero-order chi connectivity index (χ0) is 17.1. The summed E-state index contributed by atoms with van der Waals surface area (Å²) in [6.07, 6.45) is 5.23. The molecular weight excluding hydrogens is 300 g/mol. The fraction of sp³-hybridized carbons (Fsp3) is 0.650. The van der Waals surface area contributed by atoms with Gasteiger partial charge in [-0.05, 0) is 42.7 Å². The van der Waals surface area contributed by atoms with Crippen LogP contribution in [0.5, 0.6) is 0 Å². The van der Waals surface area contributed by atoms with Crippen molar-refractivity contribution in [2.24, 2.45) is 17.8 Å². The van der Waals surface area contributed by atoms with Gasteiger partial charge in [0.15, 0.2) is 0 Å². The van der Waals surface area contributed by atoms with Gasteiger partial charge in [0.2, 0.25) is 0 Å². The van der Waals surface area contributed by atoms with Gasteiger partial charge in [0.25, 0.3) is 0 Å². The Bertz CT molecular complexity index is 652. The van der Waals surface area contributed by atoms with Crippen molar-refractivity contribution in [3.63, 3.8) is 0 Å². The number of hydrogen-bond donors (Lipinski definition) is 1. The molecule has 0 spiro atoms. The number of aliphatic hydroxyl groups is 1. The van der Waals surface area contributed by atoms with E-state index in [1.54, 1.807) is 6.33 Å². The molecule has 0 aliphatic heterocycles.